The van der Waals surface area contributed by atoms with Crippen molar-refractivity contribution in [1.82, 2.24) is 10.3 Å². The van der Waals surface area contributed by atoms with Gasteiger partial charge in [-0.3, -0.25) is 4.79 Å². The van der Waals surface area contributed by atoms with Crippen LogP contribution in [0.2, 0.25) is 0 Å². The molecule has 3 heteroatoms. The van der Waals surface area contributed by atoms with E-state index in [2.05, 4.69) is 29.0 Å². The first-order valence-corrected chi connectivity index (χ1v) is 7.66. The van der Waals surface area contributed by atoms with Gasteiger partial charge in [-0.25, -0.2) is 0 Å². The Balaban J connectivity index is 1.81. The Morgan fingerprint density at radius 2 is 2.04 bits per heavy atom. The van der Waals surface area contributed by atoms with E-state index < -0.39 is 0 Å². The lowest BCUT2D eigenvalue weighted by atomic mass is 10.1. The van der Waals surface area contributed by atoms with Crippen LogP contribution in [0.3, 0.4) is 0 Å². The van der Waals surface area contributed by atoms with Crippen molar-refractivity contribution in [2.24, 2.45) is 0 Å². The van der Waals surface area contributed by atoms with Crippen molar-refractivity contribution in [1.29, 1.82) is 0 Å². The van der Waals surface area contributed by atoms with Crippen LogP contribution >= 0.6 is 0 Å². The molecule has 1 amide bonds. The van der Waals surface area contributed by atoms with Crippen LogP contribution in [0.5, 0.6) is 0 Å². The summed E-state index contributed by atoms with van der Waals surface area (Å²) in [5.41, 5.74) is 6.03. The first kappa shape index (κ1) is 15.1. The normalized spacial score (nSPS) is 10.7. The quantitative estimate of drug-likeness (QED) is 0.739. The summed E-state index contributed by atoms with van der Waals surface area (Å²) < 4.78 is 0. The number of fused-ring (bicyclic) bond motifs is 1. The van der Waals surface area contributed by atoms with Crippen molar-refractivity contribution in [3.05, 3.63) is 77.0 Å². The molecule has 0 fully saturated rings. The lowest BCUT2D eigenvalue weighted by molar-refractivity contribution is 0.0946. The molecule has 3 nitrogen and oxygen atoms in total. The Hall–Kier alpha value is -2.81. The third-order valence-corrected chi connectivity index (χ3v) is 3.96. The molecule has 0 bridgehead atoms. The summed E-state index contributed by atoms with van der Waals surface area (Å²) in [5, 5.41) is 3.99. The molecule has 2 N–H and O–H groups in total. The van der Waals surface area contributed by atoms with Gasteiger partial charge in [0.15, 0.2) is 0 Å². The van der Waals surface area contributed by atoms with Gasteiger partial charge in [0.25, 0.3) is 5.91 Å². The van der Waals surface area contributed by atoms with E-state index in [0.717, 1.165) is 27.6 Å². The molecule has 3 aromatic rings. The van der Waals surface area contributed by atoms with E-state index in [1.165, 1.54) is 5.56 Å². The van der Waals surface area contributed by atoms with Crippen LogP contribution in [0, 0.1) is 13.8 Å². The van der Waals surface area contributed by atoms with Gasteiger partial charge in [-0.15, -0.1) is 0 Å². The average Bonchev–Trinajstić information content (AvgIpc) is 2.97. The highest BCUT2D eigenvalue weighted by atomic mass is 16.1. The number of benzene rings is 2. The van der Waals surface area contributed by atoms with Gasteiger partial charge in [-0.1, -0.05) is 42.5 Å². The minimum atomic E-state index is -0.0951. The number of amides is 1. The van der Waals surface area contributed by atoms with Crippen molar-refractivity contribution >= 4 is 22.9 Å². The predicted octanol–water partition coefficient (Wildman–Crippen LogP) is 4.36. The number of carbonyl (C=O) groups is 1. The molecule has 2 aromatic carbocycles. The van der Waals surface area contributed by atoms with E-state index in [1.807, 2.05) is 50.3 Å². The number of nitrogens with one attached hydrogen (secondary N) is 2. The van der Waals surface area contributed by atoms with Gasteiger partial charge in [0.2, 0.25) is 0 Å². The van der Waals surface area contributed by atoms with Gasteiger partial charge in [-0.05, 0) is 48.7 Å². The van der Waals surface area contributed by atoms with Crippen LogP contribution in [-0.2, 0) is 6.54 Å². The van der Waals surface area contributed by atoms with Gasteiger partial charge in [0, 0.05) is 17.4 Å². The van der Waals surface area contributed by atoms with Crippen molar-refractivity contribution in [3.8, 4) is 0 Å². The first-order valence-electron chi connectivity index (χ1n) is 7.66. The maximum Gasteiger partial charge on any atom is 0.267 e. The molecule has 1 heterocycles. The molecule has 0 aliphatic heterocycles. The molecule has 116 valence electrons. The lowest BCUT2D eigenvalue weighted by Crippen LogP contribution is -2.23. The molecule has 0 atom stereocenters. The molecule has 23 heavy (non-hydrogen) atoms. The number of hydrogen-bond donors (Lipinski definition) is 2. The second-order valence-corrected chi connectivity index (χ2v) is 5.86. The molecular weight excluding hydrogens is 284 g/mol. The highest BCUT2D eigenvalue weighted by Crippen LogP contribution is 2.22. The first-order chi connectivity index (χ1) is 11.1. The average molecular weight is 304 g/mol. The van der Waals surface area contributed by atoms with Crippen LogP contribution in [-0.4, -0.2) is 10.9 Å². The number of aromatic nitrogens is 1. The molecule has 0 aliphatic carbocycles. The summed E-state index contributed by atoms with van der Waals surface area (Å²) >= 11 is 0. The largest absolute Gasteiger partial charge is 0.350 e. The molecule has 0 saturated carbocycles. The number of hydrogen-bond acceptors (Lipinski definition) is 1. The van der Waals surface area contributed by atoms with E-state index in [4.69, 9.17) is 0 Å². The Morgan fingerprint density at radius 1 is 1.22 bits per heavy atom. The van der Waals surface area contributed by atoms with Crippen LogP contribution in [0.4, 0.5) is 0 Å². The number of H-pyrrole nitrogens is 1. The topological polar surface area (TPSA) is 44.9 Å². The van der Waals surface area contributed by atoms with Gasteiger partial charge < -0.3 is 10.3 Å². The number of carbonyl (C=O) groups excluding carboxylic acids is 1. The summed E-state index contributed by atoms with van der Waals surface area (Å²) in [6, 6.07) is 14.1. The Labute approximate surface area is 136 Å². The summed E-state index contributed by atoms with van der Waals surface area (Å²) in [6.07, 6.45) is 1.82. The van der Waals surface area contributed by atoms with Gasteiger partial charge in [0.1, 0.15) is 5.69 Å². The van der Waals surface area contributed by atoms with E-state index in [-0.39, 0.29) is 5.91 Å². The summed E-state index contributed by atoms with van der Waals surface area (Å²) in [5.74, 6) is -0.0951. The minimum Gasteiger partial charge on any atom is -0.350 e. The summed E-state index contributed by atoms with van der Waals surface area (Å²) in [4.78, 5) is 15.6. The zero-order valence-electron chi connectivity index (χ0n) is 13.4. The smallest absolute Gasteiger partial charge is 0.267 e. The molecule has 0 unspecified atom stereocenters. The van der Waals surface area contributed by atoms with E-state index in [1.54, 1.807) is 0 Å². The standard InChI is InChI=1S/C20H20N2O/c1-4-15-9-14(3)19-17(10-15)11-18(22-19)20(23)21-12-16-7-5-6-13(2)8-16/h4-11,22H,1,12H2,2-3H3,(H,21,23). The minimum absolute atomic E-state index is 0.0951. The Bertz CT molecular complexity index is 890. The molecule has 3 rings (SSSR count). The lowest BCUT2D eigenvalue weighted by Gasteiger charge is -2.04. The highest BCUT2D eigenvalue weighted by molar-refractivity contribution is 5.99. The van der Waals surface area contributed by atoms with Crippen LogP contribution < -0.4 is 5.32 Å². The van der Waals surface area contributed by atoms with E-state index >= 15 is 0 Å². The second-order valence-electron chi connectivity index (χ2n) is 5.86. The third-order valence-electron chi connectivity index (χ3n) is 3.96. The predicted molar refractivity (Wildman–Crippen MR) is 95.5 cm³/mol. The van der Waals surface area contributed by atoms with Gasteiger partial charge >= 0.3 is 0 Å². The monoisotopic (exact) mass is 304 g/mol. The Kier molecular flexibility index (Phi) is 4.02. The molecule has 0 saturated heterocycles. The fourth-order valence-corrected chi connectivity index (χ4v) is 2.79. The third kappa shape index (κ3) is 3.19. The molecule has 1 aromatic heterocycles. The number of rotatable bonds is 4. The van der Waals surface area contributed by atoms with Crippen LogP contribution in [0.1, 0.15) is 32.7 Å². The number of aromatic amines is 1. The molecule has 0 spiro atoms. The zero-order valence-corrected chi connectivity index (χ0v) is 13.4. The van der Waals surface area contributed by atoms with Crippen molar-refractivity contribution in [3.63, 3.8) is 0 Å². The molecule has 0 aliphatic rings. The SMILES string of the molecule is C=Cc1cc(C)c2[nH]c(C(=O)NCc3cccc(C)c3)cc2c1. The number of aryl methyl sites for hydroxylation is 2. The van der Waals surface area contributed by atoms with E-state index in [9.17, 15) is 4.79 Å². The maximum atomic E-state index is 12.4. The molecular formula is C20H20N2O. The van der Waals surface area contributed by atoms with Gasteiger partial charge in [-0.2, -0.15) is 0 Å². The molecule has 0 radical (unpaired) electrons. The summed E-state index contributed by atoms with van der Waals surface area (Å²) in [7, 11) is 0. The van der Waals surface area contributed by atoms with Crippen LogP contribution in [0.25, 0.3) is 17.0 Å². The fourth-order valence-electron chi connectivity index (χ4n) is 2.79. The van der Waals surface area contributed by atoms with E-state index in [0.29, 0.717) is 12.2 Å². The van der Waals surface area contributed by atoms with Crippen molar-refractivity contribution in [2.75, 3.05) is 0 Å². The van der Waals surface area contributed by atoms with Crippen LogP contribution in [0.15, 0.2) is 49.0 Å². The van der Waals surface area contributed by atoms with Crippen molar-refractivity contribution in [2.45, 2.75) is 20.4 Å². The maximum absolute atomic E-state index is 12.4. The van der Waals surface area contributed by atoms with Crippen molar-refractivity contribution < 1.29 is 4.79 Å². The summed E-state index contributed by atoms with van der Waals surface area (Å²) in [6.45, 7) is 8.39. The van der Waals surface area contributed by atoms with Gasteiger partial charge in [0.05, 0.1) is 0 Å². The second kappa shape index (κ2) is 6.13. The zero-order chi connectivity index (χ0) is 16.4. The Morgan fingerprint density at radius 3 is 2.78 bits per heavy atom. The highest BCUT2D eigenvalue weighted by Gasteiger charge is 2.11. The fraction of sp³-hybridized carbons (Fsp3) is 0.150.